The van der Waals surface area contributed by atoms with Crippen LogP contribution in [0.1, 0.15) is 43.9 Å². The summed E-state index contributed by atoms with van der Waals surface area (Å²) in [5.41, 5.74) is 2.92. The largest absolute Gasteiger partial charge is 0.466 e. The van der Waals surface area contributed by atoms with Gasteiger partial charge in [0.2, 0.25) is 5.60 Å². The minimum absolute atomic E-state index is 0.0412. The van der Waals surface area contributed by atoms with E-state index in [1.165, 1.54) is 12.7 Å². The first-order valence-electron chi connectivity index (χ1n) is 8.82. The maximum atomic E-state index is 12.5. The molecule has 1 unspecified atom stereocenters. The number of nitrogens with zero attached hydrogens (tertiary/aromatic N) is 1. The van der Waals surface area contributed by atoms with E-state index in [0.717, 1.165) is 16.8 Å². The molecule has 0 radical (unpaired) electrons. The lowest BCUT2D eigenvalue weighted by atomic mass is 9.84. The van der Waals surface area contributed by atoms with Gasteiger partial charge < -0.3 is 9.57 Å². The van der Waals surface area contributed by atoms with E-state index in [2.05, 4.69) is 38.1 Å². The number of oxime groups is 1. The van der Waals surface area contributed by atoms with Crippen LogP contribution in [-0.2, 0) is 26.2 Å². The Morgan fingerprint density at radius 1 is 1.15 bits per heavy atom. The molecule has 0 fully saturated rings. The number of hydrogen-bond donors (Lipinski definition) is 0. The lowest BCUT2D eigenvalue weighted by Gasteiger charge is -2.23. The van der Waals surface area contributed by atoms with E-state index in [4.69, 9.17) is 9.57 Å². The van der Waals surface area contributed by atoms with E-state index >= 15 is 0 Å². The van der Waals surface area contributed by atoms with Gasteiger partial charge in [-0.25, -0.2) is 4.79 Å². The fourth-order valence-corrected chi connectivity index (χ4v) is 3.19. The Kier molecular flexibility index (Phi) is 4.86. The van der Waals surface area contributed by atoms with Crippen LogP contribution < -0.4 is 0 Å². The van der Waals surface area contributed by atoms with Gasteiger partial charge in [0, 0.05) is 12.8 Å². The maximum Gasteiger partial charge on any atom is 0.353 e. The van der Waals surface area contributed by atoms with Crippen molar-refractivity contribution in [2.75, 3.05) is 7.11 Å². The van der Waals surface area contributed by atoms with Crippen LogP contribution in [0.3, 0.4) is 0 Å². The van der Waals surface area contributed by atoms with Gasteiger partial charge >= 0.3 is 5.97 Å². The minimum Gasteiger partial charge on any atom is -0.466 e. The van der Waals surface area contributed by atoms with E-state index in [1.54, 1.807) is 0 Å². The van der Waals surface area contributed by atoms with Gasteiger partial charge in [0.05, 0.1) is 12.8 Å². The SMILES string of the molecule is COC(=O)C1(Cc2ccccc2)CC(c2cccc(C(C)(C)C)c2)=NO1. The number of esters is 1. The number of ether oxygens (including phenoxy) is 1. The topological polar surface area (TPSA) is 47.9 Å². The Morgan fingerprint density at radius 2 is 1.88 bits per heavy atom. The van der Waals surface area contributed by atoms with Crippen LogP contribution in [0.2, 0.25) is 0 Å². The zero-order valence-corrected chi connectivity index (χ0v) is 15.8. The van der Waals surface area contributed by atoms with Crippen molar-refractivity contribution in [1.29, 1.82) is 0 Å². The molecule has 1 heterocycles. The van der Waals surface area contributed by atoms with Crippen molar-refractivity contribution < 1.29 is 14.4 Å². The lowest BCUT2D eigenvalue weighted by molar-refractivity contribution is -0.166. The summed E-state index contributed by atoms with van der Waals surface area (Å²) in [6, 6.07) is 18.1. The summed E-state index contributed by atoms with van der Waals surface area (Å²) in [5.74, 6) is -0.396. The summed E-state index contributed by atoms with van der Waals surface area (Å²) >= 11 is 0. The van der Waals surface area contributed by atoms with Crippen LogP contribution in [0.25, 0.3) is 0 Å². The second-order valence-electron chi connectivity index (χ2n) is 7.79. The molecule has 0 amide bonds. The average molecular weight is 351 g/mol. The van der Waals surface area contributed by atoms with Gasteiger partial charge in [-0.05, 0) is 28.2 Å². The number of hydrogen-bond acceptors (Lipinski definition) is 4. The number of benzene rings is 2. The fourth-order valence-electron chi connectivity index (χ4n) is 3.19. The van der Waals surface area contributed by atoms with E-state index < -0.39 is 11.6 Å². The second-order valence-corrected chi connectivity index (χ2v) is 7.79. The predicted octanol–water partition coefficient (Wildman–Crippen LogP) is 4.26. The molecule has 0 saturated carbocycles. The van der Waals surface area contributed by atoms with Crippen molar-refractivity contribution in [1.82, 2.24) is 0 Å². The quantitative estimate of drug-likeness (QED) is 0.773. The third kappa shape index (κ3) is 3.64. The molecule has 0 N–H and O–H groups in total. The average Bonchev–Trinajstić information content (AvgIpc) is 3.06. The van der Waals surface area contributed by atoms with E-state index in [1.807, 2.05) is 42.5 Å². The van der Waals surface area contributed by atoms with Crippen LogP contribution >= 0.6 is 0 Å². The molecule has 4 nitrogen and oxygen atoms in total. The van der Waals surface area contributed by atoms with Crippen molar-refractivity contribution in [2.45, 2.75) is 44.6 Å². The summed E-state index contributed by atoms with van der Waals surface area (Å²) in [6.07, 6.45) is 0.814. The van der Waals surface area contributed by atoms with Gasteiger partial charge in [0.1, 0.15) is 0 Å². The maximum absolute atomic E-state index is 12.5. The van der Waals surface area contributed by atoms with Crippen LogP contribution in [0, 0.1) is 0 Å². The standard InChI is InChI=1S/C22H25NO3/c1-21(2,3)18-12-8-11-17(13-18)19-15-22(26-23-19,20(24)25-4)14-16-9-6-5-7-10-16/h5-13H,14-15H2,1-4H3. The first-order valence-corrected chi connectivity index (χ1v) is 8.82. The van der Waals surface area contributed by atoms with Gasteiger partial charge in [-0.3, -0.25) is 0 Å². The third-order valence-corrected chi connectivity index (χ3v) is 4.74. The van der Waals surface area contributed by atoms with Crippen molar-refractivity contribution >= 4 is 11.7 Å². The third-order valence-electron chi connectivity index (χ3n) is 4.74. The molecular weight excluding hydrogens is 326 g/mol. The molecule has 1 aliphatic rings. The predicted molar refractivity (Wildman–Crippen MR) is 102 cm³/mol. The Hall–Kier alpha value is -2.62. The van der Waals surface area contributed by atoms with Gasteiger partial charge in [-0.2, -0.15) is 0 Å². The van der Waals surface area contributed by atoms with Crippen LogP contribution in [0.15, 0.2) is 59.8 Å². The molecule has 1 aliphatic heterocycles. The van der Waals surface area contributed by atoms with E-state index in [-0.39, 0.29) is 5.41 Å². The number of carbonyl (C=O) groups excluding carboxylic acids is 1. The number of carbonyl (C=O) groups is 1. The minimum atomic E-state index is -1.11. The van der Waals surface area contributed by atoms with Crippen molar-refractivity contribution in [3.8, 4) is 0 Å². The highest BCUT2D eigenvalue weighted by Crippen LogP contribution is 2.33. The molecule has 3 rings (SSSR count). The number of rotatable bonds is 4. The van der Waals surface area contributed by atoms with Crippen molar-refractivity contribution in [3.05, 3.63) is 71.3 Å². The smallest absolute Gasteiger partial charge is 0.353 e. The van der Waals surface area contributed by atoms with E-state index in [9.17, 15) is 4.79 Å². The Labute approximate surface area is 154 Å². The molecule has 136 valence electrons. The van der Waals surface area contributed by atoms with Crippen LogP contribution in [0.4, 0.5) is 0 Å². The molecule has 0 aromatic heterocycles. The summed E-state index contributed by atoms with van der Waals surface area (Å²) in [5, 5.41) is 4.26. The highest BCUT2D eigenvalue weighted by Gasteiger charge is 2.48. The van der Waals surface area contributed by atoms with Crippen LogP contribution in [0.5, 0.6) is 0 Å². The second kappa shape index (κ2) is 6.94. The van der Waals surface area contributed by atoms with Crippen molar-refractivity contribution in [2.24, 2.45) is 5.16 Å². The molecule has 0 aliphatic carbocycles. The summed E-state index contributed by atoms with van der Waals surface area (Å²) < 4.78 is 5.03. The molecule has 0 bridgehead atoms. The Morgan fingerprint density at radius 3 is 2.54 bits per heavy atom. The summed E-state index contributed by atoms with van der Waals surface area (Å²) in [6.45, 7) is 6.52. The molecular formula is C22H25NO3. The lowest BCUT2D eigenvalue weighted by Crippen LogP contribution is -2.42. The van der Waals surface area contributed by atoms with Gasteiger partial charge in [0.25, 0.3) is 0 Å². The normalized spacial score (nSPS) is 19.6. The molecule has 1 atom stereocenters. The zero-order chi connectivity index (χ0) is 18.8. The Bertz CT molecular complexity index is 821. The molecule has 2 aromatic rings. The molecule has 0 saturated heterocycles. The first kappa shape index (κ1) is 18.2. The van der Waals surface area contributed by atoms with Gasteiger partial charge in [-0.1, -0.05) is 74.5 Å². The monoisotopic (exact) mass is 351 g/mol. The van der Waals surface area contributed by atoms with Gasteiger partial charge in [-0.15, -0.1) is 0 Å². The molecule has 2 aromatic carbocycles. The molecule has 4 heteroatoms. The molecule has 0 spiro atoms. The number of methoxy groups -OCH3 is 1. The molecule has 26 heavy (non-hydrogen) atoms. The first-order chi connectivity index (χ1) is 12.3. The van der Waals surface area contributed by atoms with Crippen LogP contribution in [-0.4, -0.2) is 24.4 Å². The van der Waals surface area contributed by atoms with Gasteiger partial charge in [0.15, 0.2) is 0 Å². The fraction of sp³-hybridized carbons (Fsp3) is 0.364. The summed E-state index contributed by atoms with van der Waals surface area (Å²) in [7, 11) is 1.39. The summed E-state index contributed by atoms with van der Waals surface area (Å²) in [4.78, 5) is 18.2. The zero-order valence-electron chi connectivity index (χ0n) is 15.8. The highest BCUT2D eigenvalue weighted by molar-refractivity contribution is 6.05. The van der Waals surface area contributed by atoms with Crippen molar-refractivity contribution in [3.63, 3.8) is 0 Å². The Balaban J connectivity index is 1.88. The highest BCUT2D eigenvalue weighted by atomic mass is 16.7. The van der Waals surface area contributed by atoms with E-state index in [0.29, 0.717) is 12.8 Å².